The maximum absolute atomic E-state index is 5.39. The minimum atomic E-state index is 0.410. The molecule has 0 saturated heterocycles. The molecule has 92 valence electrons. The van der Waals surface area contributed by atoms with Crippen molar-refractivity contribution in [3.63, 3.8) is 0 Å². The van der Waals surface area contributed by atoms with E-state index >= 15 is 0 Å². The van der Waals surface area contributed by atoms with Gasteiger partial charge in [0.2, 0.25) is 0 Å². The summed E-state index contributed by atoms with van der Waals surface area (Å²) in [7, 11) is 0. The average molecular weight is 247 g/mol. The Morgan fingerprint density at radius 2 is 2.29 bits per heavy atom. The summed E-state index contributed by atoms with van der Waals surface area (Å²) >= 11 is 1.86. The van der Waals surface area contributed by atoms with E-state index < -0.39 is 0 Å². The van der Waals surface area contributed by atoms with Crippen LogP contribution in [-0.4, -0.2) is 6.04 Å². The number of nitrogens with one attached hydrogen (secondary N) is 1. The smallest absolute Gasteiger partial charge is 0.0445 e. The van der Waals surface area contributed by atoms with Crippen LogP contribution in [0.4, 0.5) is 0 Å². The van der Waals surface area contributed by atoms with E-state index in [1.54, 1.807) is 0 Å². The third-order valence-corrected chi connectivity index (χ3v) is 4.56. The first-order valence-corrected chi connectivity index (χ1v) is 7.42. The van der Waals surface area contributed by atoms with E-state index in [0.717, 1.165) is 12.3 Å². The average Bonchev–Trinajstić information content (AvgIpc) is 3.00. The maximum Gasteiger partial charge on any atom is 0.0445 e. The Morgan fingerprint density at radius 3 is 2.88 bits per heavy atom. The van der Waals surface area contributed by atoms with Crippen molar-refractivity contribution in [1.82, 2.24) is 5.32 Å². The summed E-state index contributed by atoms with van der Waals surface area (Å²) < 4.78 is 0. The first-order chi connectivity index (χ1) is 8.31. The SMILES string of the molecule is C#CCC(C)NC(c1cccs1)C1CCCC1. The van der Waals surface area contributed by atoms with Gasteiger partial charge >= 0.3 is 0 Å². The van der Waals surface area contributed by atoms with Crippen molar-refractivity contribution in [2.45, 2.75) is 51.1 Å². The Balaban J connectivity index is 2.05. The van der Waals surface area contributed by atoms with Crippen molar-refractivity contribution in [2.75, 3.05) is 0 Å². The van der Waals surface area contributed by atoms with Crippen LogP contribution in [0.5, 0.6) is 0 Å². The molecule has 2 unspecified atom stereocenters. The lowest BCUT2D eigenvalue weighted by Crippen LogP contribution is -2.33. The molecule has 1 saturated carbocycles. The van der Waals surface area contributed by atoms with Gasteiger partial charge in [-0.25, -0.2) is 0 Å². The minimum absolute atomic E-state index is 0.410. The Bertz CT molecular complexity index is 357. The Morgan fingerprint density at radius 1 is 1.53 bits per heavy atom. The van der Waals surface area contributed by atoms with Gasteiger partial charge in [0.1, 0.15) is 0 Å². The summed E-state index contributed by atoms with van der Waals surface area (Å²) in [6.07, 6.45) is 11.7. The van der Waals surface area contributed by atoms with Crippen LogP contribution in [0.1, 0.15) is 49.9 Å². The molecule has 0 amide bonds. The van der Waals surface area contributed by atoms with Crippen LogP contribution in [0.25, 0.3) is 0 Å². The molecule has 17 heavy (non-hydrogen) atoms. The molecule has 2 heteroatoms. The molecular formula is C15H21NS. The molecule has 1 aromatic heterocycles. The zero-order valence-corrected chi connectivity index (χ0v) is 11.3. The summed E-state index contributed by atoms with van der Waals surface area (Å²) in [5.74, 6) is 3.55. The van der Waals surface area contributed by atoms with Gasteiger partial charge in [-0.05, 0) is 37.1 Å². The lowest BCUT2D eigenvalue weighted by Gasteiger charge is -2.26. The summed E-state index contributed by atoms with van der Waals surface area (Å²) in [5.41, 5.74) is 0. The van der Waals surface area contributed by atoms with Gasteiger partial charge in [-0.2, -0.15) is 0 Å². The molecule has 0 bridgehead atoms. The van der Waals surface area contributed by atoms with Crippen LogP contribution >= 0.6 is 11.3 Å². The molecule has 1 heterocycles. The maximum atomic E-state index is 5.39. The topological polar surface area (TPSA) is 12.0 Å². The molecule has 1 aliphatic rings. The fourth-order valence-electron chi connectivity index (χ4n) is 2.75. The molecule has 0 aromatic carbocycles. The minimum Gasteiger partial charge on any atom is -0.306 e. The van der Waals surface area contributed by atoms with Crippen LogP contribution in [-0.2, 0) is 0 Å². The molecule has 1 nitrogen and oxygen atoms in total. The standard InChI is InChI=1S/C15H21NS/c1-3-7-12(2)16-15(13-8-4-5-9-13)14-10-6-11-17-14/h1,6,10-13,15-16H,4-5,7-9H2,2H3. The highest BCUT2D eigenvalue weighted by Crippen LogP contribution is 2.37. The highest BCUT2D eigenvalue weighted by Gasteiger charge is 2.27. The third-order valence-electron chi connectivity index (χ3n) is 3.61. The molecule has 1 N–H and O–H groups in total. The van der Waals surface area contributed by atoms with Crippen molar-refractivity contribution >= 4 is 11.3 Å². The van der Waals surface area contributed by atoms with Crippen LogP contribution < -0.4 is 5.32 Å². The molecule has 2 rings (SSSR count). The Hall–Kier alpha value is -0.780. The first-order valence-electron chi connectivity index (χ1n) is 6.54. The second-order valence-electron chi connectivity index (χ2n) is 5.01. The van der Waals surface area contributed by atoms with Gasteiger partial charge in [-0.15, -0.1) is 23.7 Å². The number of hydrogen-bond acceptors (Lipinski definition) is 2. The van der Waals surface area contributed by atoms with Crippen LogP contribution in [0.3, 0.4) is 0 Å². The predicted molar refractivity (Wildman–Crippen MR) is 75.1 cm³/mol. The summed E-state index contributed by atoms with van der Waals surface area (Å²) in [5, 5.41) is 5.90. The largest absolute Gasteiger partial charge is 0.306 e. The zero-order chi connectivity index (χ0) is 12.1. The second-order valence-corrected chi connectivity index (χ2v) is 5.99. The Kier molecular flexibility index (Phi) is 4.65. The van der Waals surface area contributed by atoms with Gasteiger partial charge in [0.05, 0.1) is 0 Å². The van der Waals surface area contributed by atoms with Crippen LogP contribution in [0, 0.1) is 18.3 Å². The molecule has 0 radical (unpaired) electrons. The quantitative estimate of drug-likeness (QED) is 0.776. The zero-order valence-electron chi connectivity index (χ0n) is 10.5. The van der Waals surface area contributed by atoms with E-state index in [2.05, 4.69) is 35.7 Å². The predicted octanol–water partition coefficient (Wildman–Crippen LogP) is 3.98. The highest BCUT2D eigenvalue weighted by atomic mass is 32.1. The van der Waals surface area contributed by atoms with Gasteiger partial charge in [0.25, 0.3) is 0 Å². The third kappa shape index (κ3) is 3.34. The van der Waals surface area contributed by atoms with Crippen LogP contribution in [0.15, 0.2) is 17.5 Å². The van der Waals surface area contributed by atoms with E-state index in [0.29, 0.717) is 12.1 Å². The number of terminal acetylenes is 1. The van der Waals surface area contributed by atoms with E-state index in [4.69, 9.17) is 6.42 Å². The summed E-state index contributed by atoms with van der Waals surface area (Å²) in [4.78, 5) is 1.47. The monoisotopic (exact) mass is 247 g/mol. The van der Waals surface area contributed by atoms with Crippen LogP contribution in [0.2, 0.25) is 0 Å². The number of hydrogen-bond donors (Lipinski definition) is 1. The van der Waals surface area contributed by atoms with E-state index in [1.807, 2.05) is 11.3 Å². The molecular weight excluding hydrogens is 226 g/mol. The van der Waals surface area contributed by atoms with Gasteiger partial charge < -0.3 is 5.32 Å². The molecule has 2 atom stereocenters. The normalized spacial score (nSPS) is 20.0. The van der Waals surface area contributed by atoms with E-state index in [-0.39, 0.29) is 0 Å². The van der Waals surface area contributed by atoms with E-state index in [1.165, 1.54) is 30.6 Å². The number of thiophene rings is 1. The molecule has 1 aromatic rings. The van der Waals surface area contributed by atoms with Gasteiger partial charge in [0, 0.05) is 23.4 Å². The van der Waals surface area contributed by atoms with Crippen molar-refractivity contribution in [3.05, 3.63) is 22.4 Å². The molecule has 0 aliphatic heterocycles. The molecule has 1 fully saturated rings. The summed E-state index contributed by atoms with van der Waals surface area (Å²) in [6.45, 7) is 2.19. The lowest BCUT2D eigenvalue weighted by atomic mass is 9.95. The highest BCUT2D eigenvalue weighted by molar-refractivity contribution is 7.10. The van der Waals surface area contributed by atoms with Gasteiger partial charge in [-0.3, -0.25) is 0 Å². The second kappa shape index (κ2) is 6.23. The molecule has 1 aliphatic carbocycles. The van der Waals surface area contributed by atoms with Crippen molar-refractivity contribution in [3.8, 4) is 12.3 Å². The van der Waals surface area contributed by atoms with Gasteiger partial charge in [-0.1, -0.05) is 18.9 Å². The summed E-state index contributed by atoms with van der Waals surface area (Å²) in [6, 6.07) is 5.33. The first kappa shape index (κ1) is 12.7. The number of rotatable bonds is 5. The lowest BCUT2D eigenvalue weighted by molar-refractivity contribution is 0.342. The fourth-order valence-corrected chi connectivity index (χ4v) is 3.63. The molecule has 0 spiro atoms. The fraction of sp³-hybridized carbons (Fsp3) is 0.600. The van der Waals surface area contributed by atoms with Crippen molar-refractivity contribution < 1.29 is 0 Å². The Labute approximate surface area is 109 Å². The van der Waals surface area contributed by atoms with Crippen molar-refractivity contribution in [1.29, 1.82) is 0 Å². The van der Waals surface area contributed by atoms with Crippen molar-refractivity contribution in [2.24, 2.45) is 5.92 Å². The van der Waals surface area contributed by atoms with E-state index in [9.17, 15) is 0 Å². The van der Waals surface area contributed by atoms with Gasteiger partial charge in [0.15, 0.2) is 0 Å².